The van der Waals surface area contributed by atoms with E-state index >= 15 is 0 Å². The molecule has 0 atom stereocenters. The maximum atomic E-state index is 12.2. The van der Waals surface area contributed by atoms with Crippen LogP contribution in [-0.2, 0) is 0 Å². The van der Waals surface area contributed by atoms with Crippen LogP contribution in [0, 0.1) is 6.92 Å². The molecule has 1 amide bonds. The summed E-state index contributed by atoms with van der Waals surface area (Å²) in [6.45, 7) is 1.87. The standard InChI is InChI=1S/C14H12N4OS/c1-10-12(13(19)17-14-15-7-8-20-14)9-16-18(10)11-5-3-2-4-6-11/h2-9H,1H3,(H,15,17,19). The number of anilines is 1. The molecule has 3 aromatic rings. The molecular formula is C14H12N4OS. The fourth-order valence-electron chi connectivity index (χ4n) is 1.91. The van der Waals surface area contributed by atoms with Gasteiger partial charge in [0.2, 0.25) is 0 Å². The molecule has 6 heteroatoms. The van der Waals surface area contributed by atoms with Crippen molar-refractivity contribution in [1.29, 1.82) is 0 Å². The highest BCUT2D eigenvalue weighted by Gasteiger charge is 2.15. The van der Waals surface area contributed by atoms with Crippen molar-refractivity contribution in [2.75, 3.05) is 5.32 Å². The van der Waals surface area contributed by atoms with Crippen molar-refractivity contribution in [1.82, 2.24) is 14.8 Å². The van der Waals surface area contributed by atoms with Crippen LogP contribution in [0.3, 0.4) is 0 Å². The van der Waals surface area contributed by atoms with Crippen molar-refractivity contribution < 1.29 is 4.79 Å². The number of hydrogen-bond donors (Lipinski definition) is 1. The SMILES string of the molecule is Cc1c(C(=O)Nc2nccs2)cnn1-c1ccccc1. The van der Waals surface area contributed by atoms with Gasteiger partial charge in [0, 0.05) is 11.6 Å². The third-order valence-corrected chi connectivity index (χ3v) is 3.60. The lowest BCUT2D eigenvalue weighted by atomic mass is 10.2. The molecule has 0 saturated carbocycles. The molecule has 100 valence electrons. The number of carbonyl (C=O) groups excluding carboxylic acids is 1. The molecule has 0 fully saturated rings. The fraction of sp³-hybridized carbons (Fsp3) is 0.0714. The Kier molecular flexibility index (Phi) is 3.30. The van der Waals surface area contributed by atoms with Gasteiger partial charge in [0.15, 0.2) is 5.13 Å². The Balaban J connectivity index is 1.89. The number of aromatic nitrogens is 3. The summed E-state index contributed by atoms with van der Waals surface area (Å²) in [6, 6.07) is 9.71. The molecule has 0 bridgehead atoms. The monoisotopic (exact) mass is 284 g/mol. The lowest BCUT2D eigenvalue weighted by molar-refractivity contribution is 0.102. The molecule has 1 aromatic carbocycles. The van der Waals surface area contributed by atoms with Crippen LogP contribution in [0.5, 0.6) is 0 Å². The molecule has 1 N–H and O–H groups in total. The highest BCUT2D eigenvalue weighted by atomic mass is 32.1. The Morgan fingerprint density at radius 3 is 2.80 bits per heavy atom. The van der Waals surface area contributed by atoms with E-state index in [1.54, 1.807) is 17.1 Å². The van der Waals surface area contributed by atoms with Crippen LogP contribution in [0.1, 0.15) is 16.1 Å². The van der Waals surface area contributed by atoms with E-state index < -0.39 is 0 Å². The first kappa shape index (κ1) is 12.6. The zero-order chi connectivity index (χ0) is 13.9. The van der Waals surface area contributed by atoms with Gasteiger partial charge < -0.3 is 0 Å². The van der Waals surface area contributed by atoms with Crippen LogP contribution >= 0.6 is 11.3 Å². The van der Waals surface area contributed by atoms with E-state index in [9.17, 15) is 4.79 Å². The molecule has 2 heterocycles. The minimum absolute atomic E-state index is 0.195. The Hall–Kier alpha value is -2.47. The van der Waals surface area contributed by atoms with Gasteiger partial charge in [-0.2, -0.15) is 5.10 Å². The van der Waals surface area contributed by atoms with E-state index in [-0.39, 0.29) is 5.91 Å². The van der Waals surface area contributed by atoms with Crippen LogP contribution in [0.2, 0.25) is 0 Å². The number of nitrogens with zero attached hydrogens (tertiary/aromatic N) is 3. The molecule has 0 aliphatic carbocycles. The summed E-state index contributed by atoms with van der Waals surface area (Å²) in [7, 11) is 0. The fourth-order valence-corrected chi connectivity index (χ4v) is 2.44. The summed E-state index contributed by atoms with van der Waals surface area (Å²) in [4.78, 5) is 16.2. The maximum Gasteiger partial charge on any atom is 0.260 e. The second-order valence-corrected chi connectivity index (χ2v) is 5.08. The summed E-state index contributed by atoms with van der Waals surface area (Å²) in [5.74, 6) is -0.195. The van der Waals surface area contributed by atoms with Crippen molar-refractivity contribution in [3.05, 3.63) is 59.4 Å². The van der Waals surface area contributed by atoms with Crippen molar-refractivity contribution in [3.63, 3.8) is 0 Å². The highest BCUT2D eigenvalue weighted by Crippen LogP contribution is 2.16. The lowest BCUT2D eigenvalue weighted by Gasteiger charge is -2.05. The van der Waals surface area contributed by atoms with Crippen LogP contribution in [0.15, 0.2) is 48.1 Å². The van der Waals surface area contributed by atoms with E-state index in [1.807, 2.05) is 42.6 Å². The van der Waals surface area contributed by atoms with Gasteiger partial charge in [0.1, 0.15) is 0 Å². The maximum absolute atomic E-state index is 12.2. The first-order valence-electron chi connectivity index (χ1n) is 6.06. The number of carbonyl (C=O) groups is 1. The molecule has 0 aliphatic rings. The van der Waals surface area contributed by atoms with Gasteiger partial charge in [-0.25, -0.2) is 9.67 Å². The largest absolute Gasteiger partial charge is 0.298 e. The average molecular weight is 284 g/mol. The van der Waals surface area contributed by atoms with Gasteiger partial charge in [-0.15, -0.1) is 11.3 Å². The number of para-hydroxylation sites is 1. The number of benzene rings is 1. The third kappa shape index (κ3) is 2.33. The zero-order valence-electron chi connectivity index (χ0n) is 10.8. The van der Waals surface area contributed by atoms with Crippen LogP contribution in [0.25, 0.3) is 5.69 Å². The first-order valence-corrected chi connectivity index (χ1v) is 6.94. The second kappa shape index (κ2) is 5.26. The molecule has 0 radical (unpaired) electrons. The van der Waals surface area contributed by atoms with Gasteiger partial charge in [0.05, 0.1) is 23.1 Å². The lowest BCUT2D eigenvalue weighted by Crippen LogP contribution is -2.12. The summed E-state index contributed by atoms with van der Waals surface area (Å²) >= 11 is 1.38. The third-order valence-electron chi connectivity index (χ3n) is 2.91. The minimum Gasteiger partial charge on any atom is -0.298 e. The summed E-state index contributed by atoms with van der Waals surface area (Å²) in [5.41, 5.74) is 2.27. The number of thiazole rings is 1. The van der Waals surface area contributed by atoms with Gasteiger partial charge >= 0.3 is 0 Å². The van der Waals surface area contributed by atoms with Crippen molar-refractivity contribution in [2.24, 2.45) is 0 Å². The Bertz CT molecular complexity index is 719. The van der Waals surface area contributed by atoms with E-state index in [2.05, 4.69) is 15.4 Å². The van der Waals surface area contributed by atoms with Crippen molar-refractivity contribution in [3.8, 4) is 5.69 Å². The Morgan fingerprint density at radius 1 is 1.30 bits per heavy atom. The zero-order valence-corrected chi connectivity index (χ0v) is 11.6. The number of rotatable bonds is 3. The van der Waals surface area contributed by atoms with Crippen molar-refractivity contribution in [2.45, 2.75) is 6.92 Å². The molecule has 5 nitrogen and oxygen atoms in total. The predicted octanol–water partition coefficient (Wildman–Crippen LogP) is 2.89. The first-order chi connectivity index (χ1) is 9.75. The van der Waals surface area contributed by atoms with Gasteiger partial charge in [-0.3, -0.25) is 10.1 Å². The smallest absolute Gasteiger partial charge is 0.260 e. The van der Waals surface area contributed by atoms with Crippen LogP contribution in [-0.4, -0.2) is 20.7 Å². The molecule has 0 aliphatic heterocycles. The normalized spacial score (nSPS) is 10.4. The van der Waals surface area contributed by atoms with Gasteiger partial charge in [-0.1, -0.05) is 18.2 Å². The average Bonchev–Trinajstić information content (AvgIpc) is 3.09. The van der Waals surface area contributed by atoms with E-state index in [4.69, 9.17) is 0 Å². The molecular weight excluding hydrogens is 272 g/mol. The Morgan fingerprint density at radius 2 is 2.10 bits per heavy atom. The van der Waals surface area contributed by atoms with E-state index in [0.29, 0.717) is 10.7 Å². The summed E-state index contributed by atoms with van der Waals surface area (Å²) < 4.78 is 1.75. The molecule has 0 spiro atoms. The summed E-state index contributed by atoms with van der Waals surface area (Å²) in [6.07, 6.45) is 3.23. The second-order valence-electron chi connectivity index (χ2n) is 4.18. The highest BCUT2D eigenvalue weighted by molar-refractivity contribution is 7.13. The molecule has 3 rings (SSSR count). The predicted molar refractivity (Wildman–Crippen MR) is 78.4 cm³/mol. The number of hydrogen-bond acceptors (Lipinski definition) is 4. The summed E-state index contributed by atoms with van der Waals surface area (Å²) in [5, 5.41) is 9.43. The van der Waals surface area contributed by atoms with Crippen LogP contribution in [0.4, 0.5) is 5.13 Å². The molecule has 20 heavy (non-hydrogen) atoms. The van der Waals surface area contributed by atoms with Crippen molar-refractivity contribution >= 4 is 22.4 Å². The molecule has 0 unspecified atom stereocenters. The Labute approximate surface area is 119 Å². The quantitative estimate of drug-likeness (QED) is 0.804. The molecule has 0 saturated heterocycles. The van der Waals surface area contributed by atoms with E-state index in [0.717, 1.165) is 11.4 Å². The van der Waals surface area contributed by atoms with Crippen LogP contribution < -0.4 is 5.32 Å². The molecule has 2 aromatic heterocycles. The number of nitrogens with one attached hydrogen (secondary N) is 1. The van der Waals surface area contributed by atoms with Gasteiger partial charge in [-0.05, 0) is 19.1 Å². The number of amides is 1. The topological polar surface area (TPSA) is 59.8 Å². The van der Waals surface area contributed by atoms with Gasteiger partial charge in [0.25, 0.3) is 5.91 Å². The van der Waals surface area contributed by atoms with E-state index in [1.165, 1.54) is 11.3 Å². The minimum atomic E-state index is -0.195.